The summed E-state index contributed by atoms with van der Waals surface area (Å²) in [5.74, 6) is 0. The Bertz CT molecular complexity index is 371. The van der Waals surface area contributed by atoms with Gasteiger partial charge in [0, 0.05) is 11.6 Å². The van der Waals surface area contributed by atoms with E-state index in [1.165, 1.54) is 0 Å². The molecule has 1 aliphatic heterocycles. The van der Waals surface area contributed by atoms with Gasteiger partial charge in [-0.25, -0.2) is 4.79 Å². The van der Waals surface area contributed by atoms with E-state index in [-0.39, 0.29) is 6.03 Å². The number of urea groups is 1. The van der Waals surface area contributed by atoms with E-state index in [4.69, 9.17) is 11.6 Å². The normalized spacial score (nSPS) is 16.2. The van der Waals surface area contributed by atoms with Gasteiger partial charge in [-0.3, -0.25) is 10.9 Å². The molecule has 15 heavy (non-hydrogen) atoms. The molecular weight excluding hydrogens is 216 g/mol. The molecule has 1 saturated heterocycles. The number of nitrogens with zero attached hydrogens (tertiary/aromatic N) is 1. The summed E-state index contributed by atoms with van der Waals surface area (Å²) < 4.78 is 0. The third-order valence-electron chi connectivity index (χ3n) is 2.05. The monoisotopic (exact) mass is 226 g/mol. The fourth-order valence-electron chi connectivity index (χ4n) is 1.34. The summed E-state index contributed by atoms with van der Waals surface area (Å²) in [5.41, 5.74) is 8.81. The van der Waals surface area contributed by atoms with Crippen molar-refractivity contribution in [1.82, 2.24) is 21.5 Å². The lowest BCUT2D eigenvalue weighted by Crippen LogP contribution is -2.41. The summed E-state index contributed by atoms with van der Waals surface area (Å²) in [6.45, 7) is 0.666. The predicted octanol–water partition coefficient (Wildman–Crippen LogP) is 0.832. The molecule has 0 aliphatic carbocycles. The largest absolute Gasteiger partial charge is 0.345 e. The number of amides is 2. The van der Waals surface area contributed by atoms with Crippen molar-refractivity contribution in [2.75, 3.05) is 6.54 Å². The van der Waals surface area contributed by atoms with Crippen LogP contribution in [0, 0.1) is 0 Å². The molecule has 1 fully saturated rings. The van der Waals surface area contributed by atoms with Crippen LogP contribution in [0.4, 0.5) is 4.79 Å². The van der Waals surface area contributed by atoms with Crippen molar-refractivity contribution < 1.29 is 4.79 Å². The van der Waals surface area contributed by atoms with Crippen LogP contribution in [0.5, 0.6) is 0 Å². The average Bonchev–Trinajstić information content (AvgIpc) is 2.62. The maximum atomic E-state index is 10.8. The Kier molecular flexibility index (Phi) is 3.05. The lowest BCUT2D eigenvalue weighted by Gasteiger charge is -2.12. The highest BCUT2D eigenvalue weighted by Crippen LogP contribution is 2.11. The second-order valence-corrected chi connectivity index (χ2v) is 3.65. The van der Waals surface area contributed by atoms with Crippen LogP contribution >= 0.6 is 11.6 Å². The number of benzene rings is 1. The van der Waals surface area contributed by atoms with Gasteiger partial charge in [0.1, 0.15) is 0 Å². The summed E-state index contributed by atoms with van der Waals surface area (Å²) >= 11 is 5.85. The molecule has 1 aromatic rings. The standard InChI is InChI=1S/C9H11ClN4O/c10-8-3-1-2-7(6-8)4-5-14-12-9(15)11-13-14/h1-3,6,13H,4-5H2,(H2,11,12,15). The van der Waals surface area contributed by atoms with Gasteiger partial charge in [-0.2, -0.15) is 0 Å². The first-order valence-electron chi connectivity index (χ1n) is 4.58. The zero-order chi connectivity index (χ0) is 10.7. The second kappa shape index (κ2) is 4.48. The van der Waals surface area contributed by atoms with Crippen molar-refractivity contribution in [2.24, 2.45) is 0 Å². The van der Waals surface area contributed by atoms with Crippen LogP contribution < -0.4 is 16.4 Å². The zero-order valence-corrected chi connectivity index (χ0v) is 8.71. The third kappa shape index (κ3) is 2.82. The molecule has 3 N–H and O–H groups in total. The molecule has 0 unspecified atom stereocenters. The fraction of sp³-hybridized carbons (Fsp3) is 0.222. The molecule has 0 atom stereocenters. The summed E-state index contributed by atoms with van der Waals surface area (Å²) in [6.07, 6.45) is 0.801. The Morgan fingerprint density at radius 3 is 2.93 bits per heavy atom. The molecule has 1 aliphatic rings. The molecule has 0 radical (unpaired) electrons. The molecule has 1 heterocycles. The van der Waals surface area contributed by atoms with E-state index < -0.39 is 0 Å². The lowest BCUT2D eigenvalue weighted by atomic mass is 10.1. The molecule has 1 aromatic carbocycles. The Morgan fingerprint density at radius 1 is 1.40 bits per heavy atom. The van der Waals surface area contributed by atoms with Crippen LogP contribution in [-0.4, -0.2) is 17.7 Å². The van der Waals surface area contributed by atoms with E-state index in [0.717, 1.165) is 17.0 Å². The summed E-state index contributed by atoms with van der Waals surface area (Å²) in [5, 5.41) is 2.31. The van der Waals surface area contributed by atoms with Gasteiger partial charge < -0.3 is 0 Å². The van der Waals surface area contributed by atoms with Gasteiger partial charge in [-0.05, 0) is 24.1 Å². The lowest BCUT2D eigenvalue weighted by molar-refractivity contribution is 0.172. The van der Waals surface area contributed by atoms with Gasteiger partial charge in [-0.15, -0.1) is 10.7 Å². The van der Waals surface area contributed by atoms with E-state index in [9.17, 15) is 4.79 Å². The fourth-order valence-corrected chi connectivity index (χ4v) is 1.55. The van der Waals surface area contributed by atoms with Crippen molar-refractivity contribution in [2.45, 2.75) is 6.42 Å². The van der Waals surface area contributed by atoms with E-state index in [2.05, 4.69) is 16.4 Å². The Morgan fingerprint density at radius 2 is 2.27 bits per heavy atom. The minimum Gasteiger partial charge on any atom is -0.257 e. The van der Waals surface area contributed by atoms with Crippen LogP contribution in [-0.2, 0) is 6.42 Å². The first-order chi connectivity index (χ1) is 7.24. The van der Waals surface area contributed by atoms with Crippen molar-refractivity contribution in [3.63, 3.8) is 0 Å². The molecule has 80 valence electrons. The molecule has 2 rings (SSSR count). The molecule has 2 amide bonds. The third-order valence-corrected chi connectivity index (χ3v) is 2.29. The topological polar surface area (TPSA) is 56.4 Å². The van der Waals surface area contributed by atoms with E-state index >= 15 is 0 Å². The highest BCUT2D eigenvalue weighted by molar-refractivity contribution is 6.30. The SMILES string of the molecule is O=C1NNN(CCc2cccc(Cl)c2)N1. The smallest absolute Gasteiger partial charge is 0.257 e. The summed E-state index contributed by atoms with van der Waals surface area (Å²) in [6, 6.07) is 7.40. The number of carbonyl (C=O) groups excluding carboxylic acids is 1. The van der Waals surface area contributed by atoms with Gasteiger partial charge in [0.2, 0.25) is 0 Å². The van der Waals surface area contributed by atoms with E-state index in [1.54, 1.807) is 5.12 Å². The molecule has 6 heteroatoms. The second-order valence-electron chi connectivity index (χ2n) is 3.21. The summed E-state index contributed by atoms with van der Waals surface area (Å²) in [7, 11) is 0. The van der Waals surface area contributed by atoms with Crippen molar-refractivity contribution in [3.8, 4) is 0 Å². The van der Waals surface area contributed by atoms with Crippen LogP contribution in [0.2, 0.25) is 5.02 Å². The van der Waals surface area contributed by atoms with Gasteiger partial charge in [0.25, 0.3) is 0 Å². The van der Waals surface area contributed by atoms with Crippen molar-refractivity contribution in [3.05, 3.63) is 34.9 Å². The highest BCUT2D eigenvalue weighted by atomic mass is 35.5. The van der Waals surface area contributed by atoms with Gasteiger partial charge in [-0.1, -0.05) is 23.7 Å². The number of hydrogen-bond acceptors (Lipinski definition) is 3. The first-order valence-corrected chi connectivity index (χ1v) is 4.96. The Labute approximate surface area is 92.3 Å². The van der Waals surface area contributed by atoms with Gasteiger partial charge in [0.05, 0.1) is 0 Å². The van der Waals surface area contributed by atoms with Gasteiger partial charge >= 0.3 is 6.03 Å². The molecular formula is C9H11ClN4O. The van der Waals surface area contributed by atoms with Crippen molar-refractivity contribution >= 4 is 17.6 Å². The van der Waals surface area contributed by atoms with E-state index in [0.29, 0.717) is 6.54 Å². The zero-order valence-electron chi connectivity index (χ0n) is 7.96. The van der Waals surface area contributed by atoms with E-state index in [1.807, 2.05) is 24.3 Å². The summed E-state index contributed by atoms with van der Waals surface area (Å²) in [4.78, 5) is 10.8. The number of hydrogen-bond donors (Lipinski definition) is 3. The highest BCUT2D eigenvalue weighted by Gasteiger charge is 2.15. The van der Waals surface area contributed by atoms with Crippen molar-refractivity contribution in [1.29, 1.82) is 0 Å². The number of carbonyl (C=O) groups is 1. The first kappa shape index (κ1) is 10.2. The predicted molar refractivity (Wildman–Crippen MR) is 56.7 cm³/mol. The Hall–Kier alpha value is -1.30. The van der Waals surface area contributed by atoms with Crippen LogP contribution in [0.25, 0.3) is 0 Å². The quantitative estimate of drug-likeness (QED) is 0.716. The molecule has 0 saturated carbocycles. The maximum Gasteiger partial charge on any atom is 0.345 e. The minimum atomic E-state index is -0.249. The number of hydrazine groups is 3. The number of halogens is 1. The molecule has 5 nitrogen and oxygen atoms in total. The average molecular weight is 227 g/mol. The molecule has 0 spiro atoms. The number of nitrogens with one attached hydrogen (secondary N) is 3. The molecule has 0 aromatic heterocycles. The van der Waals surface area contributed by atoms with Gasteiger partial charge in [0.15, 0.2) is 0 Å². The Balaban J connectivity index is 1.85. The minimum absolute atomic E-state index is 0.249. The number of rotatable bonds is 3. The molecule has 0 bridgehead atoms. The van der Waals surface area contributed by atoms with Crippen LogP contribution in [0.15, 0.2) is 24.3 Å². The van der Waals surface area contributed by atoms with Crippen LogP contribution in [0.3, 0.4) is 0 Å². The maximum absolute atomic E-state index is 10.8. The van der Waals surface area contributed by atoms with Crippen LogP contribution in [0.1, 0.15) is 5.56 Å².